The van der Waals surface area contributed by atoms with Gasteiger partial charge in [-0.05, 0) is 45.5 Å². The van der Waals surface area contributed by atoms with Crippen LogP contribution in [-0.2, 0) is 0 Å². The molecule has 0 aliphatic heterocycles. The van der Waals surface area contributed by atoms with E-state index in [1.54, 1.807) is 0 Å². The number of aliphatic hydroxyl groups is 1. The molecule has 2 aromatic rings. The Morgan fingerprint density at radius 3 is 2.63 bits per heavy atom. The summed E-state index contributed by atoms with van der Waals surface area (Å²) in [5.74, 6) is -1.59. The van der Waals surface area contributed by atoms with Gasteiger partial charge in [0.2, 0.25) is 0 Å². The Morgan fingerprint density at radius 2 is 2.00 bits per heavy atom. The second-order valence-corrected chi connectivity index (χ2v) is 5.98. The van der Waals surface area contributed by atoms with E-state index in [0.29, 0.717) is 10.6 Å². The molecular formula is C12H11BrF2N2OS. The van der Waals surface area contributed by atoms with Gasteiger partial charge in [-0.25, -0.2) is 8.78 Å². The van der Waals surface area contributed by atoms with Gasteiger partial charge >= 0.3 is 0 Å². The fourth-order valence-electron chi connectivity index (χ4n) is 1.72. The molecule has 0 saturated carbocycles. The van der Waals surface area contributed by atoms with Crippen molar-refractivity contribution in [2.45, 2.75) is 25.9 Å². The normalized spacial score (nSPS) is 13.0. The van der Waals surface area contributed by atoms with Crippen molar-refractivity contribution in [1.29, 1.82) is 0 Å². The molecule has 19 heavy (non-hydrogen) atoms. The molecule has 1 heterocycles. The van der Waals surface area contributed by atoms with Crippen molar-refractivity contribution in [2.75, 3.05) is 0 Å². The van der Waals surface area contributed by atoms with Crippen molar-refractivity contribution < 1.29 is 13.9 Å². The molecule has 1 N–H and O–H groups in total. The number of aliphatic hydroxyl groups excluding tert-OH is 1. The van der Waals surface area contributed by atoms with Gasteiger partial charge in [0.1, 0.15) is 17.7 Å². The van der Waals surface area contributed by atoms with E-state index in [-0.39, 0.29) is 16.0 Å². The van der Waals surface area contributed by atoms with Crippen molar-refractivity contribution in [1.82, 2.24) is 9.59 Å². The van der Waals surface area contributed by atoms with Crippen LogP contribution in [0.4, 0.5) is 8.78 Å². The predicted molar refractivity (Wildman–Crippen MR) is 72.1 cm³/mol. The number of aromatic nitrogens is 2. The molecule has 0 bridgehead atoms. The van der Waals surface area contributed by atoms with Gasteiger partial charge in [-0.1, -0.05) is 18.3 Å². The number of nitrogens with zero attached hydrogens (tertiary/aromatic N) is 2. The minimum Gasteiger partial charge on any atom is -0.382 e. The van der Waals surface area contributed by atoms with E-state index in [0.717, 1.165) is 17.6 Å². The predicted octanol–water partition coefficient (Wildman–Crippen LogP) is 3.78. The molecule has 3 nitrogen and oxygen atoms in total. The largest absolute Gasteiger partial charge is 0.382 e. The molecule has 0 fully saturated rings. The first-order chi connectivity index (χ1) is 8.93. The maximum atomic E-state index is 14.0. The lowest BCUT2D eigenvalue weighted by Crippen LogP contribution is -2.08. The molecule has 2 rings (SSSR count). The molecule has 102 valence electrons. The van der Waals surface area contributed by atoms with Crippen LogP contribution in [-0.4, -0.2) is 14.7 Å². The van der Waals surface area contributed by atoms with Crippen molar-refractivity contribution in [3.8, 4) is 0 Å². The number of benzene rings is 1. The third-order valence-corrected chi connectivity index (χ3v) is 4.09. The Labute approximate surface area is 121 Å². The van der Waals surface area contributed by atoms with E-state index < -0.39 is 17.7 Å². The van der Waals surface area contributed by atoms with Crippen molar-refractivity contribution in [3.05, 3.63) is 44.4 Å². The molecule has 0 amide bonds. The van der Waals surface area contributed by atoms with Crippen molar-refractivity contribution >= 4 is 27.5 Å². The zero-order valence-corrected chi connectivity index (χ0v) is 12.6. The minimum absolute atomic E-state index is 0.0154. The van der Waals surface area contributed by atoms with Crippen LogP contribution in [0.3, 0.4) is 0 Å². The quantitative estimate of drug-likeness (QED) is 0.858. The van der Waals surface area contributed by atoms with Crippen LogP contribution < -0.4 is 0 Å². The summed E-state index contributed by atoms with van der Waals surface area (Å²) in [5.41, 5.74) is 0.165. The van der Waals surface area contributed by atoms with Gasteiger partial charge in [0.15, 0.2) is 0 Å². The van der Waals surface area contributed by atoms with Crippen LogP contribution in [0.2, 0.25) is 0 Å². The third kappa shape index (κ3) is 2.68. The molecule has 7 heteroatoms. The maximum Gasteiger partial charge on any atom is 0.146 e. The Hall–Kier alpha value is -0.920. The van der Waals surface area contributed by atoms with Crippen LogP contribution in [0, 0.1) is 11.6 Å². The Morgan fingerprint density at radius 1 is 1.32 bits per heavy atom. The van der Waals surface area contributed by atoms with Gasteiger partial charge < -0.3 is 5.11 Å². The summed E-state index contributed by atoms with van der Waals surface area (Å²) in [6, 6.07) is 2.37. The van der Waals surface area contributed by atoms with Gasteiger partial charge in [-0.3, -0.25) is 0 Å². The van der Waals surface area contributed by atoms with E-state index >= 15 is 0 Å². The Kier molecular flexibility index (Phi) is 4.27. The lowest BCUT2D eigenvalue weighted by Gasteiger charge is -2.14. The summed E-state index contributed by atoms with van der Waals surface area (Å²) in [7, 11) is 0. The Balaban J connectivity index is 2.53. The summed E-state index contributed by atoms with van der Waals surface area (Å²) < 4.78 is 31.6. The standard InChI is InChI=1S/C12H11BrF2N2OS/c1-5(2)10-12(19-17-16-10)11(18)8-7(14)4-3-6(13)9(8)15/h3-5,11,18H,1-2H3. The highest BCUT2D eigenvalue weighted by Gasteiger charge is 2.27. The monoisotopic (exact) mass is 348 g/mol. The van der Waals surface area contributed by atoms with E-state index in [4.69, 9.17) is 0 Å². The first kappa shape index (κ1) is 14.5. The number of hydrogen-bond donors (Lipinski definition) is 1. The van der Waals surface area contributed by atoms with Crippen LogP contribution in [0.5, 0.6) is 0 Å². The minimum atomic E-state index is -1.41. The van der Waals surface area contributed by atoms with Gasteiger partial charge in [0.05, 0.1) is 20.6 Å². The molecule has 0 spiro atoms. The fraction of sp³-hybridized carbons (Fsp3) is 0.333. The zero-order chi connectivity index (χ0) is 14.2. The van der Waals surface area contributed by atoms with Gasteiger partial charge in [-0.2, -0.15) is 0 Å². The lowest BCUT2D eigenvalue weighted by molar-refractivity contribution is 0.211. The molecule has 1 unspecified atom stereocenters. The van der Waals surface area contributed by atoms with Crippen LogP contribution in [0.1, 0.15) is 42.0 Å². The summed E-state index contributed by atoms with van der Waals surface area (Å²) in [6.45, 7) is 3.75. The molecular weight excluding hydrogens is 338 g/mol. The first-order valence-corrected chi connectivity index (χ1v) is 7.13. The molecule has 1 aromatic carbocycles. The van der Waals surface area contributed by atoms with E-state index in [2.05, 4.69) is 25.5 Å². The maximum absolute atomic E-state index is 14.0. The molecule has 0 radical (unpaired) electrons. The second-order valence-electron chi connectivity index (χ2n) is 4.34. The Bertz CT molecular complexity index is 603. The van der Waals surface area contributed by atoms with E-state index in [1.165, 1.54) is 6.07 Å². The van der Waals surface area contributed by atoms with Gasteiger partial charge in [0.25, 0.3) is 0 Å². The average molecular weight is 349 g/mol. The summed E-state index contributed by atoms with van der Waals surface area (Å²) in [6.07, 6.45) is -1.41. The topological polar surface area (TPSA) is 46.0 Å². The molecule has 0 saturated heterocycles. The van der Waals surface area contributed by atoms with Crippen LogP contribution >= 0.6 is 27.5 Å². The molecule has 1 aromatic heterocycles. The van der Waals surface area contributed by atoms with Gasteiger partial charge in [-0.15, -0.1) is 5.10 Å². The number of hydrogen-bond acceptors (Lipinski definition) is 4. The summed E-state index contributed by atoms with van der Waals surface area (Å²) in [5, 5.41) is 14.1. The average Bonchev–Trinajstić information content (AvgIpc) is 2.83. The van der Waals surface area contributed by atoms with Crippen molar-refractivity contribution in [3.63, 3.8) is 0 Å². The number of halogens is 3. The molecule has 1 atom stereocenters. The third-order valence-electron chi connectivity index (χ3n) is 2.69. The highest BCUT2D eigenvalue weighted by atomic mass is 79.9. The molecule has 0 aliphatic carbocycles. The van der Waals surface area contributed by atoms with Crippen LogP contribution in [0.15, 0.2) is 16.6 Å². The SMILES string of the molecule is CC(C)c1nnsc1C(O)c1c(F)ccc(Br)c1F. The lowest BCUT2D eigenvalue weighted by atomic mass is 10.0. The highest BCUT2D eigenvalue weighted by molar-refractivity contribution is 9.10. The first-order valence-electron chi connectivity index (χ1n) is 5.57. The zero-order valence-electron chi connectivity index (χ0n) is 10.2. The summed E-state index contributed by atoms with van der Waals surface area (Å²) in [4.78, 5) is 0.367. The van der Waals surface area contributed by atoms with Crippen molar-refractivity contribution in [2.24, 2.45) is 0 Å². The van der Waals surface area contributed by atoms with E-state index in [9.17, 15) is 13.9 Å². The summed E-state index contributed by atoms with van der Waals surface area (Å²) >= 11 is 3.92. The second kappa shape index (κ2) is 5.60. The smallest absolute Gasteiger partial charge is 0.146 e. The molecule has 0 aliphatic rings. The number of rotatable bonds is 3. The van der Waals surface area contributed by atoms with Gasteiger partial charge in [0, 0.05) is 0 Å². The fourth-order valence-corrected chi connectivity index (χ4v) is 2.87. The van der Waals surface area contributed by atoms with E-state index in [1.807, 2.05) is 13.8 Å². The van der Waals surface area contributed by atoms with Crippen LogP contribution in [0.25, 0.3) is 0 Å². The highest BCUT2D eigenvalue weighted by Crippen LogP contribution is 2.35.